The van der Waals surface area contributed by atoms with Crippen LogP contribution in [-0.4, -0.2) is 16.8 Å². The first kappa shape index (κ1) is 8.16. The van der Waals surface area contributed by atoms with Gasteiger partial charge in [-0.05, 0) is 13.0 Å². The Hall–Kier alpha value is -0.935. The second-order valence-electron chi connectivity index (χ2n) is 2.37. The fourth-order valence-electron chi connectivity index (χ4n) is 0.786. The summed E-state index contributed by atoms with van der Waals surface area (Å²) in [6, 6.07) is 1.54. The topological polar surface area (TPSA) is 17.8 Å². The molecule has 62 valence electrons. The minimum atomic E-state index is -4.77. The molecular formula is C5H7BF3N2-. The largest absolute Gasteiger partial charge is 0.499 e. The molecule has 0 bridgehead atoms. The van der Waals surface area contributed by atoms with Gasteiger partial charge in [-0.2, -0.15) is 5.10 Å². The first-order valence-corrected chi connectivity index (χ1v) is 3.18. The number of hydrogen-bond donors (Lipinski definition) is 0. The standard InChI is InChI=1S/C5H7BF3N2/c1-5-2-3-10-11(5)4-6(7,8)9/h2-3H,4H2,1H3/q-1. The molecule has 0 fully saturated rings. The number of rotatable bonds is 2. The fraction of sp³-hybridized carbons (Fsp3) is 0.400. The predicted octanol–water partition coefficient (Wildman–Crippen LogP) is 1.58. The highest BCUT2D eigenvalue weighted by Gasteiger charge is 2.24. The zero-order chi connectivity index (χ0) is 8.48. The zero-order valence-corrected chi connectivity index (χ0v) is 5.97. The second kappa shape index (κ2) is 2.60. The average Bonchev–Trinajstić information content (AvgIpc) is 2.12. The van der Waals surface area contributed by atoms with Crippen LogP contribution in [0.5, 0.6) is 0 Å². The van der Waals surface area contributed by atoms with E-state index >= 15 is 0 Å². The van der Waals surface area contributed by atoms with Gasteiger partial charge in [0.15, 0.2) is 0 Å². The summed E-state index contributed by atoms with van der Waals surface area (Å²) in [6.45, 7) is -3.18. The third kappa shape index (κ3) is 2.29. The molecule has 0 radical (unpaired) electrons. The Morgan fingerprint density at radius 1 is 1.55 bits per heavy atom. The van der Waals surface area contributed by atoms with Gasteiger partial charge >= 0.3 is 6.98 Å². The van der Waals surface area contributed by atoms with Gasteiger partial charge in [0.2, 0.25) is 0 Å². The number of aryl methyl sites for hydroxylation is 1. The van der Waals surface area contributed by atoms with Crippen LogP contribution < -0.4 is 0 Å². The minimum Gasteiger partial charge on any atom is -0.448 e. The quantitative estimate of drug-likeness (QED) is 0.605. The summed E-state index contributed by atoms with van der Waals surface area (Å²) < 4.78 is 36.3. The van der Waals surface area contributed by atoms with Gasteiger partial charge in [-0.15, -0.1) is 0 Å². The molecule has 0 spiro atoms. The van der Waals surface area contributed by atoms with Crippen LogP contribution in [0.25, 0.3) is 0 Å². The van der Waals surface area contributed by atoms with Gasteiger partial charge in [0.25, 0.3) is 0 Å². The molecule has 1 rings (SSSR count). The van der Waals surface area contributed by atoms with Crippen LogP contribution in [0, 0.1) is 6.92 Å². The molecule has 0 aliphatic heterocycles. The van der Waals surface area contributed by atoms with Crippen molar-refractivity contribution in [2.45, 2.75) is 13.4 Å². The van der Waals surface area contributed by atoms with Crippen LogP contribution in [0.3, 0.4) is 0 Å². The molecule has 11 heavy (non-hydrogen) atoms. The maximum atomic E-state index is 11.8. The molecule has 0 aromatic carbocycles. The number of aromatic nitrogens is 2. The normalized spacial score (nSPS) is 12.0. The molecule has 1 aromatic heterocycles. The van der Waals surface area contributed by atoms with Crippen molar-refractivity contribution in [1.29, 1.82) is 0 Å². The average molecular weight is 163 g/mol. The molecular weight excluding hydrogens is 156 g/mol. The summed E-state index contributed by atoms with van der Waals surface area (Å²) in [6.07, 6.45) is 0.413. The summed E-state index contributed by atoms with van der Waals surface area (Å²) in [5.74, 6) is 0. The summed E-state index contributed by atoms with van der Waals surface area (Å²) in [4.78, 5) is 0. The summed E-state index contributed by atoms with van der Waals surface area (Å²) >= 11 is 0. The first-order chi connectivity index (χ1) is 4.99. The molecule has 0 aliphatic rings. The van der Waals surface area contributed by atoms with Crippen LogP contribution in [0.15, 0.2) is 12.3 Å². The summed E-state index contributed by atoms with van der Waals surface area (Å²) in [5, 5.41) is 3.51. The Balaban J connectivity index is 2.72. The Bertz CT molecular complexity index is 242. The lowest BCUT2D eigenvalue weighted by molar-refractivity contribution is 0.433. The fourth-order valence-corrected chi connectivity index (χ4v) is 0.786. The van der Waals surface area contributed by atoms with Gasteiger partial charge in [-0.3, -0.25) is 4.68 Å². The van der Waals surface area contributed by atoms with Crippen LogP contribution in [-0.2, 0) is 6.44 Å². The van der Waals surface area contributed by atoms with E-state index in [0.717, 1.165) is 4.68 Å². The molecule has 0 N–H and O–H groups in total. The van der Waals surface area contributed by atoms with E-state index in [2.05, 4.69) is 5.10 Å². The highest BCUT2D eigenvalue weighted by molar-refractivity contribution is 6.57. The van der Waals surface area contributed by atoms with Crippen LogP contribution in [0.1, 0.15) is 5.69 Å². The molecule has 0 saturated heterocycles. The van der Waals surface area contributed by atoms with Crippen LogP contribution in [0.4, 0.5) is 12.9 Å². The Labute approximate surface area is 62.1 Å². The maximum absolute atomic E-state index is 11.8. The van der Waals surface area contributed by atoms with Gasteiger partial charge in [-0.25, -0.2) is 0 Å². The summed E-state index contributed by atoms with van der Waals surface area (Å²) in [7, 11) is 0. The molecule has 0 amide bonds. The van der Waals surface area contributed by atoms with Gasteiger partial charge in [-0.1, -0.05) is 0 Å². The molecule has 0 saturated carbocycles. The Kier molecular flexibility index (Phi) is 1.93. The lowest BCUT2D eigenvalue weighted by Gasteiger charge is -2.14. The van der Waals surface area contributed by atoms with Crippen molar-refractivity contribution < 1.29 is 12.9 Å². The molecule has 0 aliphatic carbocycles. The van der Waals surface area contributed by atoms with Crippen molar-refractivity contribution >= 4 is 6.98 Å². The first-order valence-electron chi connectivity index (χ1n) is 3.18. The van der Waals surface area contributed by atoms with Crippen molar-refractivity contribution in [3.63, 3.8) is 0 Å². The minimum absolute atomic E-state index is 0.532. The molecule has 2 nitrogen and oxygen atoms in total. The Morgan fingerprint density at radius 3 is 2.55 bits per heavy atom. The highest BCUT2D eigenvalue weighted by Crippen LogP contribution is 2.11. The van der Waals surface area contributed by atoms with Crippen molar-refractivity contribution in [3.8, 4) is 0 Å². The predicted molar refractivity (Wildman–Crippen MR) is 36.0 cm³/mol. The Morgan fingerprint density at radius 2 is 2.18 bits per heavy atom. The number of nitrogens with zero attached hydrogens (tertiary/aromatic N) is 2. The molecule has 0 unspecified atom stereocenters. The second-order valence-corrected chi connectivity index (χ2v) is 2.37. The number of hydrogen-bond acceptors (Lipinski definition) is 1. The van der Waals surface area contributed by atoms with Crippen LogP contribution >= 0.6 is 0 Å². The molecule has 1 aromatic rings. The van der Waals surface area contributed by atoms with Gasteiger partial charge in [0.1, 0.15) is 0 Å². The number of halogens is 3. The lowest BCUT2D eigenvalue weighted by atomic mass is 9.92. The van der Waals surface area contributed by atoms with Crippen molar-refractivity contribution in [2.24, 2.45) is 0 Å². The lowest BCUT2D eigenvalue weighted by Crippen LogP contribution is -2.25. The van der Waals surface area contributed by atoms with E-state index in [-0.39, 0.29) is 0 Å². The molecule has 1 heterocycles. The third-order valence-corrected chi connectivity index (χ3v) is 1.31. The van der Waals surface area contributed by atoms with Crippen molar-refractivity contribution in [1.82, 2.24) is 9.78 Å². The SMILES string of the molecule is Cc1ccnn1C[B-](F)(F)F. The molecule has 6 heteroatoms. The molecule has 0 atom stereocenters. The highest BCUT2D eigenvalue weighted by atomic mass is 19.4. The van der Waals surface area contributed by atoms with E-state index in [0.29, 0.717) is 5.69 Å². The zero-order valence-electron chi connectivity index (χ0n) is 5.97. The van der Waals surface area contributed by atoms with Crippen molar-refractivity contribution in [3.05, 3.63) is 18.0 Å². The van der Waals surface area contributed by atoms with Gasteiger partial charge in [0.05, 0.1) is 0 Å². The van der Waals surface area contributed by atoms with Gasteiger partial charge in [0, 0.05) is 18.3 Å². The van der Waals surface area contributed by atoms with Crippen molar-refractivity contribution in [2.75, 3.05) is 0 Å². The van der Waals surface area contributed by atoms with E-state index in [1.807, 2.05) is 0 Å². The third-order valence-electron chi connectivity index (χ3n) is 1.31. The van der Waals surface area contributed by atoms with E-state index < -0.39 is 13.4 Å². The van der Waals surface area contributed by atoms with E-state index in [4.69, 9.17) is 0 Å². The van der Waals surface area contributed by atoms with Gasteiger partial charge < -0.3 is 12.9 Å². The summed E-state index contributed by atoms with van der Waals surface area (Å²) in [5.41, 5.74) is 0.532. The monoisotopic (exact) mass is 163 g/mol. The van der Waals surface area contributed by atoms with E-state index in [9.17, 15) is 12.9 Å². The van der Waals surface area contributed by atoms with E-state index in [1.165, 1.54) is 6.20 Å². The van der Waals surface area contributed by atoms with E-state index in [1.54, 1.807) is 13.0 Å². The smallest absolute Gasteiger partial charge is 0.448 e. The maximum Gasteiger partial charge on any atom is 0.499 e. The van der Waals surface area contributed by atoms with Crippen LogP contribution in [0.2, 0.25) is 0 Å².